The molecule has 0 bridgehead atoms. The summed E-state index contributed by atoms with van der Waals surface area (Å²) in [5, 5.41) is 12.4. The zero-order valence-electron chi connectivity index (χ0n) is 10.5. The predicted molar refractivity (Wildman–Crippen MR) is 67.3 cm³/mol. The van der Waals surface area contributed by atoms with Crippen molar-refractivity contribution < 1.29 is 27.1 Å². The van der Waals surface area contributed by atoms with Crippen LogP contribution in [0.15, 0.2) is 29.3 Å². The van der Waals surface area contributed by atoms with Gasteiger partial charge in [-0.2, -0.15) is 5.10 Å². The number of aromatic carboxylic acids is 1. The van der Waals surface area contributed by atoms with Crippen molar-refractivity contribution in [1.82, 2.24) is 9.78 Å². The molecule has 2 rings (SSSR count). The van der Waals surface area contributed by atoms with Crippen molar-refractivity contribution in [2.45, 2.75) is 4.90 Å². The van der Waals surface area contributed by atoms with Crippen molar-refractivity contribution in [2.75, 3.05) is 4.72 Å². The summed E-state index contributed by atoms with van der Waals surface area (Å²) in [4.78, 5) is 9.81. The first kappa shape index (κ1) is 14.9. The number of nitrogens with zero attached hydrogens (tertiary/aromatic N) is 2. The van der Waals surface area contributed by atoms with E-state index in [0.717, 1.165) is 0 Å². The van der Waals surface area contributed by atoms with Crippen LogP contribution in [0.1, 0.15) is 10.4 Å². The number of carboxylic acids is 1. The summed E-state index contributed by atoms with van der Waals surface area (Å²) in [5.74, 6) is -4.89. The van der Waals surface area contributed by atoms with Gasteiger partial charge in [-0.15, -0.1) is 0 Å². The predicted octanol–water partition coefficient (Wildman–Crippen LogP) is 1.20. The highest BCUT2D eigenvalue weighted by atomic mass is 32.2. The fourth-order valence-corrected chi connectivity index (χ4v) is 2.77. The number of hydrogen-bond acceptors (Lipinski definition) is 4. The van der Waals surface area contributed by atoms with Crippen LogP contribution < -0.4 is 4.72 Å². The monoisotopic (exact) mass is 317 g/mol. The molecule has 0 spiro atoms. The molecule has 0 atom stereocenters. The SMILES string of the molecule is Cn1nccc1NS(=O)(=O)c1ccc(F)c(C(=O)O)c1F. The molecule has 0 saturated heterocycles. The summed E-state index contributed by atoms with van der Waals surface area (Å²) in [6, 6.07) is 2.54. The van der Waals surface area contributed by atoms with E-state index in [9.17, 15) is 22.0 Å². The van der Waals surface area contributed by atoms with Gasteiger partial charge in [-0.05, 0) is 12.1 Å². The summed E-state index contributed by atoms with van der Waals surface area (Å²) >= 11 is 0. The average molecular weight is 317 g/mol. The first-order chi connectivity index (χ1) is 9.74. The lowest BCUT2D eigenvalue weighted by Crippen LogP contribution is -2.19. The molecule has 0 unspecified atom stereocenters. The topological polar surface area (TPSA) is 101 Å². The Hall–Kier alpha value is -2.49. The van der Waals surface area contributed by atoms with E-state index >= 15 is 0 Å². The van der Waals surface area contributed by atoms with Gasteiger partial charge in [0.1, 0.15) is 22.1 Å². The van der Waals surface area contributed by atoms with Crippen molar-refractivity contribution in [2.24, 2.45) is 7.05 Å². The highest BCUT2D eigenvalue weighted by molar-refractivity contribution is 7.92. The molecule has 10 heteroatoms. The minimum atomic E-state index is -4.43. The molecule has 0 aliphatic carbocycles. The number of hydrogen-bond donors (Lipinski definition) is 2. The number of sulfonamides is 1. The van der Waals surface area contributed by atoms with Crippen LogP contribution in [0.4, 0.5) is 14.6 Å². The van der Waals surface area contributed by atoms with Crippen LogP contribution in [0.2, 0.25) is 0 Å². The number of aryl methyl sites for hydroxylation is 1. The maximum absolute atomic E-state index is 13.9. The fraction of sp³-hybridized carbons (Fsp3) is 0.0909. The van der Waals surface area contributed by atoms with Gasteiger partial charge < -0.3 is 5.11 Å². The first-order valence-corrected chi connectivity index (χ1v) is 6.94. The van der Waals surface area contributed by atoms with Gasteiger partial charge in [0.2, 0.25) is 0 Å². The standard InChI is InChI=1S/C11H9F2N3O4S/c1-16-8(4-5-14-16)15-21(19,20)7-3-2-6(12)9(10(7)13)11(17)18/h2-5,15H,1H3,(H,17,18). The van der Waals surface area contributed by atoms with Crippen LogP contribution in [0.25, 0.3) is 0 Å². The summed E-state index contributed by atoms with van der Waals surface area (Å²) in [7, 11) is -2.98. The second kappa shape index (κ2) is 5.13. The lowest BCUT2D eigenvalue weighted by molar-refractivity contribution is 0.0685. The molecule has 1 aromatic heterocycles. The number of carbonyl (C=O) groups is 1. The third kappa shape index (κ3) is 2.70. The highest BCUT2D eigenvalue weighted by Gasteiger charge is 2.27. The van der Waals surface area contributed by atoms with Gasteiger partial charge in [-0.25, -0.2) is 22.0 Å². The summed E-state index contributed by atoms with van der Waals surface area (Å²) in [6.07, 6.45) is 1.31. The zero-order valence-corrected chi connectivity index (χ0v) is 11.4. The summed E-state index contributed by atoms with van der Waals surface area (Å²) < 4.78 is 54.5. The van der Waals surface area contributed by atoms with E-state index in [0.29, 0.717) is 12.1 Å². The maximum Gasteiger partial charge on any atom is 0.341 e. The van der Waals surface area contributed by atoms with E-state index in [2.05, 4.69) is 5.10 Å². The molecule has 0 aliphatic heterocycles. The Balaban J connectivity index is 2.53. The molecule has 7 nitrogen and oxygen atoms in total. The molecule has 0 saturated carbocycles. The molecule has 2 aromatic rings. The minimum Gasteiger partial charge on any atom is -0.477 e. The van der Waals surface area contributed by atoms with Gasteiger partial charge in [-0.1, -0.05) is 0 Å². The number of halogens is 2. The van der Waals surface area contributed by atoms with Crippen LogP contribution in [0.5, 0.6) is 0 Å². The molecule has 1 heterocycles. The molecule has 0 amide bonds. The van der Waals surface area contributed by atoms with Gasteiger partial charge in [0, 0.05) is 13.1 Å². The Morgan fingerprint density at radius 3 is 2.52 bits per heavy atom. The molecule has 0 fully saturated rings. The lowest BCUT2D eigenvalue weighted by Gasteiger charge is -2.10. The van der Waals surface area contributed by atoms with Gasteiger partial charge >= 0.3 is 5.97 Å². The third-order valence-electron chi connectivity index (χ3n) is 2.62. The molecular weight excluding hydrogens is 308 g/mol. The minimum absolute atomic E-state index is 0.0376. The van der Waals surface area contributed by atoms with E-state index in [1.165, 1.54) is 24.0 Å². The number of carboxylic acid groups (broad SMARTS) is 1. The van der Waals surface area contributed by atoms with E-state index in [1.807, 2.05) is 4.72 Å². The Labute approximate surface area is 117 Å². The van der Waals surface area contributed by atoms with Crippen molar-refractivity contribution in [3.05, 3.63) is 41.6 Å². The van der Waals surface area contributed by atoms with Gasteiger partial charge in [0.15, 0.2) is 5.82 Å². The molecule has 0 radical (unpaired) electrons. The number of benzene rings is 1. The fourth-order valence-electron chi connectivity index (χ4n) is 1.60. The third-order valence-corrected chi connectivity index (χ3v) is 3.99. The quantitative estimate of drug-likeness (QED) is 0.882. The normalized spacial score (nSPS) is 11.4. The Bertz CT molecular complexity index is 817. The Morgan fingerprint density at radius 2 is 2.00 bits per heavy atom. The summed E-state index contributed by atoms with van der Waals surface area (Å²) in [5.41, 5.74) is -1.33. The van der Waals surface area contributed by atoms with Gasteiger partial charge in [-0.3, -0.25) is 9.40 Å². The number of nitrogens with one attached hydrogen (secondary N) is 1. The number of aromatic nitrogens is 2. The largest absolute Gasteiger partial charge is 0.477 e. The first-order valence-electron chi connectivity index (χ1n) is 5.46. The van der Waals surface area contributed by atoms with Crippen LogP contribution in [0.3, 0.4) is 0 Å². The Morgan fingerprint density at radius 1 is 1.33 bits per heavy atom. The van der Waals surface area contributed by atoms with E-state index in [4.69, 9.17) is 5.11 Å². The van der Waals surface area contributed by atoms with Crippen molar-refractivity contribution >= 4 is 21.8 Å². The second-order valence-corrected chi connectivity index (χ2v) is 5.64. The van der Waals surface area contributed by atoms with E-state index in [1.54, 1.807) is 0 Å². The second-order valence-electron chi connectivity index (χ2n) is 3.99. The van der Waals surface area contributed by atoms with E-state index < -0.39 is 38.1 Å². The van der Waals surface area contributed by atoms with Crippen molar-refractivity contribution in [3.63, 3.8) is 0 Å². The Kier molecular flexibility index (Phi) is 3.64. The van der Waals surface area contributed by atoms with Crippen molar-refractivity contribution in [3.8, 4) is 0 Å². The highest BCUT2D eigenvalue weighted by Crippen LogP contribution is 2.23. The molecule has 0 aliphatic rings. The molecular formula is C11H9F2N3O4S. The van der Waals surface area contributed by atoms with Gasteiger partial charge in [0.05, 0.1) is 6.20 Å². The molecule has 1 aromatic carbocycles. The summed E-state index contributed by atoms with van der Waals surface area (Å²) in [6.45, 7) is 0. The van der Waals surface area contributed by atoms with E-state index in [-0.39, 0.29) is 5.82 Å². The number of anilines is 1. The average Bonchev–Trinajstić information content (AvgIpc) is 2.73. The zero-order chi connectivity index (χ0) is 15.8. The van der Waals surface area contributed by atoms with Crippen molar-refractivity contribution in [1.29, 1.82) is 0 Å². The smallest absolute Gasteiger partial charge is 0.341 e. The van der Waals surface area contributed by atoms with Crippen LogP contribution in [-0.2, 0) is 17.1 Å². The molecule has 21 heavy (non-hydrogen) atoms. The van der Waals surface area contributed by atoms with Crippen LogP contribution >= 0.6 is 0 Å². The van der Waals surface area contributed by atoms with Crippen LogP contribution in [-0.4, -0.2) is 29.3 Å². The lowest BCUT2D eigenvalue weighted by atomic mass is 10.2. The number of rotatable bonds is 4. The van der Waals surface area contributed by atoms with Gasteiger partial charge in [0.25, 0.3) is 10.0 Å². The molecule has 2 N–H and O–H groups in total. The molecule has 112 valence electrons. The van der Waals surface area contributed by atoms with Crippen LogP contribution in [0, 0.1) is 11.6 Å². The maximum atomic E-state index is 13.9.